The van der Waals surface area contributed by atoms with Crippen LogP contribution in [0.1, 0.15) is 56.7 Å². The van der Waals surface area contributed by atoms with Gasteiger partial charge in [0.1, 0.15) is 11.5 Å². The second-order valence-electron chi connectivity index (χ2n) is 9.69. The molecular formula is C30H32N4O5. The van der Waals surface area contributed by atoms with Crippen molar-refractivity contribution in [2.45, 2.75) is 53.1 Å². The van der Waals surface area contributed by atoms with Gasteiger partial charge in [-0.1, -0.05) is 32.9 Å². The highest BCUT2D eigenvalue weighted by Crippen LogP contribution is 2.34. The van der Waals surface area contributed by atoms with Crippen LogP contribution in [0.15, 0.2) is 64.5 Å². The van der Waals surface area contributed by atoms with Crippen molar-refractivity contribution >= 4 is 22.8 Å². The molecule has 0 saturated heterocycles. The van der Waals surface area contributed by atoms with Crippen LogP contribution in [-0.2, 0) is 0 Å². The molecule has 4 rings (SSSR count). The minimum atomic E-state index is -0.478. The third kappa shape index (κ3) is 5.67. The van der Waals surface area contributed by atoms with E-state index in [0.29, 0.717) is 28.0 Å². The molecule has 0 amide bonds. The Kier molecular flexibility index (Phi) is 8.09. The number of rotatable bonds is 9. The second-order valence-corrected chi connectivity index (χ2v) is 9.69. The van der Waals surface area contributed by atoms with E-state index in [2.05, 4.69) is 18.9 Å². The van der Waals surface area contributed by atoms with Crippen LogP contribution in [0.4, 0.5) is 5.69 Å². The first kappa shape index (κ1) is 27.5. The van der Waals surface area contributed by atoms with Crippen molar-refractivity contribution in [1.82, 2.24) is 9.66 Å². The molecule has 9 nitrogen and oxygen atoms in total. The fraction of sp³-hybridized carbons (Fsp3) is 0.300. The molecule has 0 aliphatic rings. The molecule has 1 atom stereocenters. The molecule has 0 unspecified atom stereocenters. The van der Waals surface area contributed by atoms with Crippen molar-refractivity contribution in [3.05, 3.63) is 91.8 Å². The van der Waals surface area contributed by atoms with Crippen LogP contribution < -0.4 is 15.0 Å². The van der Waals surface area contributed by atoms with Crippen molar-refractivity contribution in [3.8, 4) is 22.9 Å². The Hall–Kier alpha value is -4.53. The summed E-state index contributed by atoms with van der Waals surface area (Å²) >= 11 is 0. The van der Waals surface area contributed by atoms with Gasteiger partial charge in [0.25, 0.3) is 11.2 Å². The number of nitro benzene ring substituents is 1. The Morgan fingerprint density at radius 2 is 1.85 bits per heavy atom. The van der Waals surface area contributed by atoms with E-state index in [9.17, 15) is 14.9 Å². The van der Waals surface area contributed by atoms with Crippen molar-refractivity contribution < 1.29 is 14.4 Å². The van der Waals surface area contributed by atoms with E-state index < -0.39 is 4.92 Å². The minimum Gasteiger partial charge on any atom is -0.496 e. The maximum Gasteiger partial charge on any atom is 0.282 e. The number of para-hydroxylation sites is 1. The van der Waals surface area contributed by atoms with Crippen LogP contribution in [0.2, 0.25) is 0 Å². The van der Waals surface area contributed by atoms with Crippen LogP contribution in [0.3, 0.4) is 0 Å². The topological polar surface area (TPSA) is 109 Å². The molecule has 202 valence electrons. The van der Waals surface area contributed by atoms with E-state index in [0.717, 1.165) is 28.9 Å². The summed E-state index contributed by atoms with van der Waals surface area (Å²) in [5.74, 6) is 1.71. The third-order valence-electron chi connectivity index (χ3n) is 6.61. The Bertz CT molecular complexity index is 1620. The molecule has 0 saturated carbocycles. The number of aromatic nitrogens is 2. The highest BCUT2D eigenvalue weighted by atomic mass is 16.6. The molecule has 0 aliphatic heterocycles. The summed E-state index contributed by atoms with van der Waals surface area (Å²) in [7, 11) is 1.63. The fourth-order valence-corrected chi connectivity index (χ4v) is 4.25. The third-order valence-corrected chi connectivity index (χ3v) is 6.61. The maximum atomic E-state index is 13.7. The first-order valence-corrected chi connectivity index (χ1v) is 12.8. The number of nitro groups is 1. The van der Waals surface area contributed by atoms with E-state index >= 15 is 0 Å². The second kappa shape index (κ2) is 11.5. The highest BCUT2D eigenvalue weighted by Gasteiger charge is 2.19. The van der Waals surface area contributed by atoms with Crippen molar-refractivity contribution in [3.63, 3.8) is 0 Å². The summed E-state index contributed by atoms with van der Waals surface area (Å²) in [5, 5.41) is 16.4. The average molecular weight is 529 g/mol. The zero-order chi connectivity index (χ0) is 28.3. The number of hydrogen-bond acceptors (Lipinski definition) is 7. The SMILES string of the molecule is CC[C@@H](C)Oc1ccc([N+](=O)[O-])cc1C=Nn1c(-c2cc(C(C)C)c(OC)cc2C)nc2ccccc2c1=O. The molecule has 0 aliphatic carbocycles. The number of benzene rings is 3. The van der Waals surface area contributed by atoms with E-state index in [-0.39, 0.29) is 23.3 Å². The maximum absolute atomic E-state index is 13.7. The van der Waals surface area contributed by atoms with Crippen molar-refractivity contribution in [2.75, 3.05) is 7.11 Å². The lowest BCUT2D eigenvalue weighted by atomic mass is 9.96. The van der Waals surface area contributed by atoms with Gasteiger partial charge in [-0.2, -0.15) is 9.78 Å². The average Bonchev–Trinajstić information content (AvgIpc) is 2.92. The Morgan fingerprint density at radius 1 is 1.10 bits per heavy atom. The summed E-state index contributed by atoms with van der Waals surface area (Å²) in [4.78, 5) is 29.6. The minimum absolute atomic E-state index is 0.107. The molecule has 0 radical (unpaired) electrons. The van der Waals surface area contributed by atoms with Gasteiger partial charge in [0.05, 0.1) is 35.3 Å². The highest BCUT2D eigenvalue weighted by molar-refractivity contribution is 5.85. The first-order chi connectivity index (χ1) is 18.6. The molecule has 0 spiro atoms. The van der Waals surface area contributed by atoms with Gasteiger partial charge in [-0.25, -0.2) is 4.98 Å². The zero-order valence-electron chi connectivity index (χ0n) is 23.0. The molecule has 1 aromatic heterocycles. The summed E-state index contributed by atoms with van der Waals surface area (Å²) in [6, 6.07) is 15.3. The van der Waals surface area contributed by atoms with Crippen LogP contribution in [-0.4, -0.2) is 34.0 Å². The van der Waals surface area contributed by atoms with Crippen LogP contribution in [0.25, 0.3) is 22.3 Å². The van der Waals surface area contributed by atoms with Crippen LogP contribution in [0, 0.1) is 17.0 Å². The van der Waals surface area contributed by atoms with Gasteiger partial charge >= 0.3 is 0 Å². The molecule has 3 aromatic carbocycles. The molecule has 4 aromatic rings. The van der Waals surface area contributed by atoms with E-state index in [4.69, 9.17) is 14.5 Å². The van der Waals surface area contributed by atoms with Gasteiger partial charge in [-0.05, 0) is 67.6 Å². The number of nitrogens with zero attached hydrogens (tertiary/aromatic N) is 4. The predicted molar refractivity (Wildman–Crippen MR) is 153 cm³/mol. The Balaban J connectivity index is 1.97. The lowest BCUT2D eigenvalue weighted by Gasteiger charge is -2.17. The molecular weight excluding hydrogens is 496 g/mol. The monoisotopic (exact) mass is 528 g/mol. The van der Waals surface area contributed by atoms with Gasteiger partial charge in [0.15, 0.2) is 5.82 Å². The molecule has 0 N–H and O–H groups in total. The van der Waals surface area contributed by atoms with Crippen molar-refractivity contribution in [2.24, 2.45) is 5.10 Å². The summed E-state index contributed by atoms with van der Waals surface area (Å²) in [6.45, 7) is 9.96. The van der Waals surface area contributed by atoms with Crippen LogP contribution in [0.5, 0.6) is 11.5 Å². The lowest BCUT2D eigenvalue weighted by Crippen LogP contribution is -2.21. The largest absolute Gasteiger partial charge is 0.496 e. The predicted octanol–water partition coefficient (Wildman–Crippen LogP) is 6.47. The normalized spacial score (nSPS) is 12.3. The summed E-state index contributed by atoms with van der Waals surface area (Å²) < 4.78 is 12.8. The Morgan fingerprint density at radius 3 is 2.51 bits per heavy atom. The number of methoxy groups -OCH3 is 1. The van der Waals surface area contributed by atoms with E-state index in [1.807, 2.05) is 39.0 Å². The number of hydrogen-bond donors (Lipinski definition) is 0. The molecule has 1 heterocycles. The van der Waals surface area contributed by atoms with Gasteiger partial charge in [0.2, 0.25) is 0 Å². The zero-order valence-corrected chi connectivity index (χ0v) is 23.0. The standard InChI is InChI=1S/C30H32N4O5/c1-7-20(5)39-27-13-12-22(34(36)37)15-21(27)17-31-33-29(32-26-11-9-8-10-23(26)30(33)35)25-16-24(18(2)3)28(38-6)14-19(25)4/h8-18,20H,7H2,1-6H3/t20-/m1/s1. The van der Waals surface area contributed by atoms with Gasteiger partial charge < -0.3 is 9.47 Å². The number of non-ortho nitro benzene ring substituents is 1. The molecule has 0 fully saturated rings. The molecule has 39 heavy (non-hydrogen) atoms. The number of ether oxygens (including phenoxy) is 2. The van der Waals surface area contributed by atoms with Crippen LogP contribution >= 0.6 is 0 Å². The van der Waals surface area contributed by atoms with E-state index in [1.165, 1.54) is 23.0 Å². The van der Waals surface area contributed by atoms with Crippen molar-refractivity contribution in [1.29, 1.82) is 0 Å². The lowest BCUT2D eigenvalue weighted by molar-refractivity contribution is -0.384. The quantitative estimate of drug-likeness (QED) is 0.140. The van der Waals surface area contributed by atoms with Gasteiger partial charge in [-0.3, -0.25) is 14.9 Å². The fourth-order valence-electron chi connectivity index (χ4n) is 4.25. The van der Waals surface area contributed by atoms with E-state index in [1.54, 1.807) is 31.4 Å². The summed E-state index contributed by atoms with van der Waals surface area (Å²) in [6.07, 6.45) is 2.05. The number of fused-ring (bicyclic) bond motifs is 1. The smallest absolute Gasteiger partial charge is 0.282 e. The Labute approximate surface area is 226 Å². The van der Waals surface area contributed by atoms with Gasteiger partial charge in [0, 0.05) is 23.3 Å². The number of aryl methyl sites for hydroxylation is 1. The summed E-state index contributed by atoms with van der Waals surface area (Å²) in [5.41, 5.74) is 3.02. The van der Waals surface area contributed by atoms with Gasteiger partial charge in [-0.15, -0.1) is 0 Å². The molecule has 0 bridgehead atoms. The molecule has 9 heteroatoms. The first-order valence-electron chi connectivity index (χ1n) is 12.8.